The summed E-state index contributed by atoms with van der Waals surface area (Å²) in [5, 5.41) is 11.7. The molecule has 0 saturated carbocycles. The number of nitrogens with one attached hydrogen (secondary N) is 1. The lowest BCUT2D eigenvalue weighted by Crippen LogP contribution is -2.61. The van der Waals surface area contributed by atoms with E-state index < -0.39 is 12.1 Å². The van der Waals surface area contributed by atoms with Gasteiger partial charge in [0.25, 0.3) is 0 Å². The molecule has 1 aromatic carbocycles. The van der Waals surface area contributed by atoms with Gasteiger partial charge in [0.15, 0.2) is 0 Å². The van der Waals surface area contributed by atoms with Crippen LogP contribution >= 0.6 is 0 Å². The van der Waals surface area contributed by atoms with E-state index in [1.54, 1.807) is 43.0 Å². The number of phenolic OH excluding ortho intramolecular Hbond substituents is 1. The van der Waals surface area contributed by atoms with Crippen molar-refractivity contribution in [2.24, 2.45) is 0 Å². The van der Waals surface area contributed by atoms with E-state index in [4.69, 9.17) is 0 Å². The Labute approximate surface area is 99.0 Å². The van der Waals surface area contributed by atoms with Crippen LogP contribution in [-0.4, -0.2) is 29.0 Å². The topological polar surface area (TPSA) is 69.6 Å². The molecular formula is C12H14N2O3. The zero-order valence-electron chi connectivity index (χ0n) is 9.68. The molecule has 2 N–H and O–H groups in total. The summed E-state index contributed by atoms with van der Waals surface area (Å²) in [5.41, 5.74) is 0.660. The van der Waals surface area contributed by atoms with Crippen molar-refractivity contribution in [3.63, 3.8) is 0 Å². The van der Waals surface area contributed by atoms with Gasteiger partial charge in [-0.3, -0.25) is 14.9 Å². The maximum Gasteiger partial charge on any atom is 0.249 e. The molecule has 5 heteroatoms. The van der Waals surface area contributed by atoms with Crippen LogP contribution in [0, 0.1) is 0 Å². The van der Waals surface area contributed by atoms with Crippen molar-refractivity contribution in [3.8, 4) is 5.75 Å². The van der Waals surface area contributed by atoms with Crippen LogP contribution in [0.25, 0.3) is 0 Å². The number of piperazine rings is 1. The van der Waals surface area contributed by atoms with Crippen molar-refractivity contribution in [2.75, 3.05) is 4.90 Å². The molecule has 90 valence electrons. The molecule has 2 unspecified atom stereocenters. The van der Waals surface area contributed by atoms with Gasteiger partial charge in [0.2, 0.25) is 11.8 Å². The number of amides is 2. The fourth-order valence-corrected chi connectivity index (χ4v) is 2.02. The predicted octanol–water partition coefficient (Wildman–Crippen LogP) is 0.632. The van der Waals surface area contributed by atoms with Crippen molar-refractivity contribution in [3.05, 3.63) is 24.3 Å². The first-order valence-electron chi connectivity index (χ1n) is 5.43. The average Bonchev–Trinajstić information content (AvgIpc) is 2.27. The summed E-state index contributed by atoms with van der Waals surface area (Å²) in [6, 6.07) is 5.65. The Hall–Kier alpha value is -2.04. The maximum absolute atomic E-state index is 11.6. The average molecular weight is 234 g/mol. The van der Waals surface area contributed by atoms with Crippen LogP contribution in [0.3, 0.4) is 0 Å². The molecule has 1 aliphatic heterocycles. The van der Waals surface area contributed by atoms with Crippen LogP contribution in [0.15, 0.2) is 24.3 Å². The lowest BCUT2D eigenvalue weighted by Gasteiger charge is -2.38. The van der Waals surface area contributed by atoms with Gasteiger partial charge in [-0.05, 0) is 26.0 Å². The number of nitrogens with zero attached hydrogens (tertiary/aromatic N) is 1. The molecule has 1 aliphatic rings. The number of benzene rings is 1. The van der Waals surface area contributed by atoms with Gasteiger partial charge >= 0.3 is 0 Å². The molecule has 0 aromatic heterocycles. The van der Waals surface area contributed by atoms with Crippen molar-refractivity contribution in [1.29, 1.82) is 0 Å². The second kappa shape index (κ2) is 4.08. The SMILES string of the molecule is CC1C(=O)NC(=O)C(C)N1c1cccc(O)c1. The Morgan fingerprint density at radius 2 is 1.76 bits per heavy atom. The van der Waals surface area contributed by atoms with Crippen LogP contribution in [0.2, 0.25) is 0 Å². The number of carbonyl (C=O) groups excluding carboxylic acids is 2. The summed E-state index contributed by atoms with van der Waals surface area (Å²) in [5.74, 6) is -0.534. The van der Waals surface area contributed by atoms with Gasteiger partial charge in [-0.1, -0.05) is 6.07 Å². The predicted molar refractivity (Wildman–Crippen MR) is 62.7 cm³/mol. The molecule has 2 atom stereocenters. The highest BCUT2D eigenvalue weighted by atomic mass is 16.3. The van der Waals surface area contributed by atoms with Crippen molar-refractivity contribution < 1.29 is 14.7 Å². The molecule has 1 saturated heterocycles. The highest BCUT2D eigenvalue weighted by Crippen LogP contribution is 2.25. The first kappa shape index (κ1) is 11.4. The van der Waals surface area contributed by atoms with Crippen molar-refractivity contribution in [2.45, 2.75) is 25.9 Å². The van der Waals surface area contributed by atoms with Gasteiger partial charge in [0.1, 0.15) is 17.8 Å². The Balaban J connectivity index is 2.40. The van der Waals surface area contributed by atoms with Gasteiger partial charge in [0, 0.05) is 11.8 Å². The van der Waals surface area contributed by atoms with Crippen molar-refractivity contribution in [1.82, 2.24) is 5.32 Å². The van der Waals surface area contributed by atoms with Crippen molar-refractivity contribution >= 4 is 17.5 Å². The third-order valence-corrected chi connectivity index (χ3v) is 2.97. The zero-order chi connectivity index (χ0) is 12.6. The number of aromatic hydroxyl groups is 1. The molecule has 1 heterocycles. The van der Waals surface area contributed by atoms with Gasteiger partial charge in [0.05, 0.1) is 0 Å². The first-order valence-corrected chi connectivity index (χ1v) is 5.43. The molecule has 0 aliphatic carbocycles. The number of hydrogen-bond acceptors (Lipinski definition) is 4. The molecule has 2 rings (SSSR count). The largest absolute Gasteiger partial charge is 0.508 e. The second-order valence-electron chi connectivity index (χ2n) is 4.13. The van der Waals surface area contributed by atoms with Crippen LogP contribution in [-0.2, 0) is 9.59 Å². The summed E-state index contributed by atoms with van der Waals surface area (Å²) >= 11 is 0. The third-order valence-electron chi connectivity index (χ3n) is 2.97. The van der Waals surface area contributed by atoms with E-state index in [0.717, 1.165) is 0 Å². The first-order chi connectivity index (χ1) is 8.00. The fraction of sp³-hybridized carbons (Fsp3) is 0.333. The smallest absolute Gasteiger partial charge is 0.249 e. The summed E-state index contributed by atoms with van der Waals surface area (Å²) < 4.78 is 0. The number of hydrogen-bond donors (Lipinski definition) is 2. The molecule has 0 spiro atoms. The number of carbonyl (C=O) groups is 2. The monoisotopic (exact) mass is 234 g/mol. The van der Waals surface area contributed by atoms with Gasteiger partial charge in [-0.15, -0.1) is 0 Å². The van der Waals surface area contributed by atoms with E-state index in [9.17, 15) is 14.7 Å². The second-order valence-corrected chi connectivity index (χ2v) is 4.13. The van der Waals surface area contributed by atoms with E-state index in [1.165, 1.54) is 0 Å². The van der Waals surface area contributed by atoms with Crippen LogP contribution in [0.4, 0.5) is 5.69 Å². The Morgan fingerprint density at radius 1 is 1.18 bits per heavy atom. The summed E-state index contributed by atoms with van der Waals surface area (Å²) in [7, 11) is 0. The van der Waals surface area contributed by atoms with E-state index in [0.29, 0.717) is 5.69 Å². The van der Waals surface area contributed by atoms with Crippen LogP contribution in [0.5, 0.6) is 5.75 Å². The summed E-state index contributed by atoms with van der Waals surface area (Å²) in [6.45, 7) is 3.45. The lowest BCUT2D eigenvalue weighted by molar-refractivity contribution is -0.134. The number of phenols is 1. The highest BCUT2D eigenvalue weighted by Gasteiger charge is 2.36. The minimum absolute atomic E-state index is 0.111. The van der Waals surface area contributed by atoms with E-state index in [2.05, 4.69) is 5.32 Å². The molecule has 17 heavy (non-hydrogen) atoms. The summed E-state index contributed by atoms with van der Waals surface area (Å²) in [4.78, 5) is 24.9. The molecule has 1 aromatic rings. The van der Waals surface area contributed by atoms with Gasteiger partial charge in [-0.25, -0.2) is 0 Å². The van der Waals surface area contributed by atoms with E-state index in [-0.39, 0.29) is 17.6 Å². The zero-order valence-corrected chi connectivity index (χ0v) is 9.68. The Morgan fingerprint density at radius 3 is 2.29 bits per heavy atom. The fourth-order valence-electron chi connectivity index (χ4n) is 2.02. The minimum atomic E-state index is -0.440. The summed E-state index contributed by atoms with van der Waals surface area (Å²) in [6.07, 6.45) is 0. The van der Waals surface area contributed by atoms with Crippen LogP contribution < -0.4 is 10.2 Å². The number of rotatable bonds is 1. The molecule has 0 radical (unpaired) electrons. The molecule has 2 amide bonds. The molecule has 5 nitrogen and oxygen atoms in total. The van der Waals surface area contributed by atoms with Crippen LogP contribution in [0.1, 0.15) is 13.8 Å². The highest BCUT2D eigenvalue weighted by molar-refractivity contribution is 6.06. The standard InChI is InChI=1S/C12H14N2O3/c1-7-11(16)13-12(17)8(2)14(7)9-4-3-5-10(15)6-9/h3-8,15H,1-2H3,(H,13,16,17). The Kier molecular flexibility index (Phi) is 2.75. The lowest BCUT2D eigenvalue weighted by atomic mass is 10.1. The minimum Gasteiger partial charge on any atom is -0.508 e. The number of anilines is 1. The molecule has 0 bridgehead atoms. The van der Waals surface area contributed by atoms with E-state index >= 15 is 0 Å². The quantitative estimate of drug-likeness (QED) is 0.699. The Bertz CT molecular complexity index is 453. The third kappa shape index (κ3) is 1.95. The number of imide groups is 1. The maximum atomic E-state index is 11.6. The molecule has 1 fully saturated rings. The van der Waals surface area contributed by atoms with Gasteiger partial charge < -0.3 is 10.0 Å². The van der Waals surface area contributed by atoms with E-state index in [1.807, 2.05) is 0 Å². The molecular weight excluding hydrogens is 220 g/mol. The normalized spacial score (nSPS) is 24.7. The van der Waals surface area contributed by atoms with Gasteiger partial charge in [-0.2, -0.15) is 0 Å².